The highest BCUT2D eigenvalue weighted by Crippen LogP contribution is 2.20. The number of thiol groups is 1. The van der Waals surface area contributed by atoms with Crippen molar-refractivity contribution < 1.29 is 4.74 Å². The van der Waals surface area contributed by atoms with Crippen LogP contribution in [0.2, 0.25) is 0 Å². The van der Waals surface area contributed by atoms with Crippen molar-refractivity contribution >= 4 is 28.2 Å². The number of thioether (sulfide) groups is 1. The molecule has 1 nitrogen and oxygen atoms in total. The zero-order chi connectivity index (χ0) is 11.8. The Hall–Kier alpha value is -0.540. The van der Waals surface area contributed by atoms with Gasteiger partial charge in [-0.1, -0.05) is 36.9 Å². The lowest BCUT2D eigenvalue weighted by Gasteiger charge is -2.06. The third-order valence-corrected chi connectivity index (χ3v) is 4.03. The van der Waals surface area contributed by atoms with Crippen LogP contribution >= 0.6 is 11.8 Å². The van der Waals surface area contributed by atoms with Crippen molar-refractivity contribution in [3.63, 3.8) is 0 Å². The summed E-state index contributed by atoms with van der Waals surface area (Å²) in [6, 6.07) is 8.17. The van der Waals surface area contributed by atoms with Gasteiger partial charge in [0.25, 0.3) is 0 Å². The molecule has 0 amide bonds. The van der Waals surface area contributed by atoms with Crippen molar-refractivity contribution in [2.24, 2.45) is 0 Å². The second-order valence-electron chi connectivity index (χ2n) is 3.55. The fourth-order valence-electron chi connectivity index (χ4n) is 1.44. The van der Waals surface area contributed by atoms with Crippen LogP contribution in [0.4, 0.5) is 0 Å². The SMILES string of the molecule is CCCSC(=[SH+])CCc1ccccc1OC. The summed E-state index contributed by atoms with van der Waals surface area (Å²) in [5.41, 5.74) is 1.26. The van der Waals surface area contributed by atoms with Crippen LogP contribution in [0.3, 0.4) is 0 Å². The Labute approximate surface area is 108 Å². The number of methoxy groups -OCH3 is 1. The van der Waals surface area contributed by atoms with E-state index in [1.165, 1.54) is 16.2 Å². The van der Waals surface area contributed by atoms with Crippen molar-refractivity contribution in [1.29, 1.82) is 0 Å². The van der Waals surface area contributed by atoms with Gasteiger partial charge in [0.05, 0.1) is 7.11 Å². The highest BCUT2D eigenvalue weighted by Gasteiger charge is 2.08. The monoisotopic (exact) mass is 255 g/mol. The largest absolute Gasteiger partial charge is 0.496 e. The van der Waals surface area contributed by atoms with Gasteiger partial charge in [0.2, 0.25) is 4.20 Å². The van der Waals surface area contributed by atoms with Gasteiger partial charge in [0, 0.05) is 12.2 Å². The molecule has 0 bridgehead atoms. The molecular formula is C13H19OS2+. The van der Waals surface area contributed by atoms with E-state index in [0.717, 1.165) is 24.3 Å². The summed E-state index contributed by atoms with van der Waals surface area (Å²) >= 11 is 6.35. The average Bonchev–Trinajstić information content (AvgIpc) is 2.34. The normalized spacial score (nSPS) is 10.1. The number of hydrogen-bond donors (Lipinski definition) is 0. The maximum Gasteiger partial charge on any atom is 0.232 e. The molecule has 0 N–H and O–H groups in total. The van der Waals surface area contributed by atoms with E-state index in [9.17, 15) is 0 Å². The van der Waals surface area contributed by atoms with Gasteiger partial charge < -0.3 is 4.74 Å². The van der Waals surface area contributed by atoms with Crippen LogP contribution in [0.5, 0.6) is 5.75 Å². The fraction of sp³-hybridized carbons (Fsp3) is 0.462. The minimum atomic E-state index is 0.976. The first-order valence-corrected chi connectivity index (χ1v) is 7.00. The van der Waals surface area contributed by atoms with E-state index >= 15 is 0 Å². The summed E-state index contributed by atoms with van der Waals surface area (Å²) in [6.45, 7) is 2.19. The molecule has 0 saturated heterocycles. The first-order chi connectivity index (χ1) is 7.77. The molecule has 0 unspecified atom stereocenters. The van der Waals surface area contributed by atoms with E-state index in [2.05, 4.69) is 31.3 Å². The quantitative estimate of drug-likeness (QED) is 0.439. The summed E-state index contributed by atoms with van der Waals surface area (Å²) in [4.78, 5) is 0. The number of benzene rings is 1. The van der Waals surface area contributed by atoms with Gasteiger partial charge in [-0.25, -0.2) is 0 Å². The van der Waals surface area contributed by atoms with Crippen LogP contribution in [0, 0.1) is 0 Å². The molecule has 16 heavy (non-hydrogen) atoms. The van der Waals surface area contributed by atoms with Crippen molar-refractivity contribution in [2.45, 2.75) is 26.2 Å². The Morgan fingerprint density at radius 1 is 1.38 bits per heavy atom. The van der Waals surface area contributed by atoms with Crippen LogP contribution in [0.25, 0.3) is 0 Å². The third-order valence-electron chi connectivity index (χ3n) is 2.27. The van der Waals surface area contributed by atoms with Crippen LogP contribution in [-0.2, 0) is 18.6 Å². The highest BCUT2D eigenvalue weighted by atomic mass is 32.2. The predicted molar refractivity (Wildman–Crippen MR) is 77.8 cm³/mol. The predicted octanol–water partition coefficient (Wildman–Crippen LogP) is 3.18. The van der Waals surface area contributed by atoms with Crippen molar-refractivity contribution in [2.75, 3.05) is 12.9 Å². The minimum Gasteiger partial charge on any atom is -0.496 e. The van der Waals surface area contributed by atoms with Gasteiger partial charge in [-0.05, 0) is 24.5 Å². The van der Waals surface area contributed by atoms with Crippen LogP contribution in [0.15, 0.2) is 24.3 Å². The Kier molecular flexibility index (Phi) is 6.50. The molecule has 88 valence electrons. The topological polar surface area (TPSA) is 9.23 Å². The molecule has 0 radical (unpaired) electrons. The van der Waals surface area contributed by atoms with Crippen LogP contribution < -0.4 is 4.74 Å². The van der Waals surface area contributed by atoms with Crippen LogP contribution in [-0.4, -0.2) is 17.1 Å². The summed E-state index contributed by atoms with van der Waals surface area (Å²) < 4.78 is 6.53. The molecule has 0 aromatic heterocycles. The van der Waals surface area contributed by atoms with Crippen LogP contribution in [0.1, 0.15) is 25.3 Å². The molecule has 0 heterocycles. The standard InChI is InChI=1S/C13H18OS2/c1-3-10-16-13(15)9-8-11-6-4-5-7-12(11)14-2/h4-7H,3,8-10H2,1-2H3/p+1. The highest BCUT2D eigenvalue weighted by molar-refractivity contribution is 8.20. The van der Waals surface area contributed by atoms with Gasteiger partial charge in [-0.15, -0.1) is 0 Å². The van der Waals surface area contributed by atoms with Gasteiger partial charge in [0.15, 0.2) is 12.2 Å². The van der Waals surface area contributed by atoms with E-state index in [0.29, 0.717) is 0 Å². The summed E-state index contributed by atoms with van der Waals surface area (Å²) in [6.07, 6.45) is 3.21. The summed E-state index contributed by atoms with van der Waals surface area (Å²) in [7, 11) is 1.72. The number of rotatable bonds is 6. The molecule has 1 rings (SSSR count). The molecule has 0 atom stereocenters. The smallest absolute Gasteiger partial charge is 0.232 e. The minimum absolute atomic E-state index is 0.976. The van der Waals surface area contributed by atoms with Gasteiger partial charge >= 0.3 is 0 Å². The zero-order valence-corrected chi connectivity index (χ0v) is 11.6. The molecule has 0 aliphatic carbocycles. The first-order valence-electron chi connectivity index (χ1n) is 5.57. The third kappa shape index (κ3) is 4.54. The molecule has 0 aliphatic heterocycles. The first kappa shape index (κ1) is 13.5. The molecule has 0 fully saturated rings. The van der Waals surface area contributed by atoms with Crippen molar-refractivity contribution in [3.05, 3.63) is 29.8 Å². The van der Waals surface area contributed by atoms with Gasteiger partial charge in [-0.3, -0.25) is 0 Å². The fourth-order valence-corrected chi connectivity index (χ4v) is 2.51. The van der Waals surface area contributed by atoms with E-state index in [1.807, 2.05) is 23.9 Å². The van der Waals surface area contributed by atoms with E-state index < -0.39 is 0 Å². The maximum absolute atomic E-state index is 5.32. The van der Waals surface area contributed by atoms with Gasteiger partial charge in [0.1, 0.15) is 5.75 Å². The second-order valence-corrected chi connectivity index (χ2v) is 5.59. The number of hydrogen-bond acceptors (Lipinski definition) is 2. The molecule has 1 aromatic carbocycles. The molecule has 0 saturated carbocycles. The zero-order valence-electron chi connectivity index (χ0n) is 9.90. The molecule has 3 heteroatoms. The van der Waals surface area contributed by atoms with E-state index in [4.69, 9.17) is 4.74 Å². The lowest BCUT2D eigenvalue weighted by Crippen LogP contribution is -1.98. The maximum atomic E-state index is 5.32. The Morgan fingerprint density at radius 2 is 2.12 bits per heavy atom. The number of para-hydroxylation sites is 1. The summed E-state index contributed by atoms with van der Waals surface area (Å²) in [5.74, 6) is 2.13. The second kappa shape index (κ2) is 7.69. The number of aryl methyl sites for hydroxylation is 1. The Bertz CT molecular complexity index is 336. The Balaban J connectivity index is 2.44. The molecule has 0 spiro atoms. The number of ether oxygens (including phenoxy) is 1. The van der Waals surface area contributed by atoms with Crippen molar-refractivity contribution in [1.82, 2.24) is 0 Å². The lowest BCUT2D eigenvalue weighted by molar-refractivity contribution is 0.410. The molecule has 1 aromatic rings. The van der Waals surface area contributed by atoms with E-state index in [1.54, 1.807) is 7.11 Å². The van der Waals surface area contributed by atoms with Gasteiger partial charge in [-0.2, -0.15) is 0 Å². The molecule has 0 aliphatic rings. The molecular weight excluding hydrogens is 236 g/mol. The lowest BCUT2D eigenvalue weighted by atomic mass is 10.1. The van der Waals surface area contributed by atoms with E-state index in [-0.39, 0.29) is 0 Å². The van der Waals surface area contributed by atoms with Crippen molar-refractivity contribution in [3.8, 4) is 5.75 Å². The summed E-state index contributed by atoms with van der Waals surface area (Å²) in [5, 5.41) is 0. The average molecular weight is 255 g/mol. The Morgan fingerprint density at radius 3 is 2.81 bits per heavy atom.